The highest BCUT2D eigenvalue weighted by atomic mass is 16.3. The molecule has 0 bridgehead atoms. The molecule has 0 radical (unpaired) electrons. The van der Waals surface area contributed by atoms with Gasteiger partial charge in [-0.05, 0) is 77.3 Å². The van der Waals surface area contributed by atoms with Gasteiger partial charge in [-0.1, -0.05) is 65.0 Å². The van der Waals surface area contributed by atoms with Gasteiger partial charge < -0.3 is 5.11 Å². The minimum absolute atomic E-state index is 0.0859. The Hall–Kier alpha value is -2.36. The Morgan fingerprint density at radius 1 is 1.03 bits per heavy atom. The third kappa shape index (κ3) is 4.31. The first-order chi connectivity index (χ1) is 13.8. The van der Waals surface area contributed by atoms with Crippen molar-refractivity contribution in [3.8, 4) is 5.75 Å². The first kappa shape index (κ1) is 21.4. The van der Waals surface area contributed by atoms with Crippen LogP contribution in [0.4, 0.5) is 0 Å². The van der Waals surface area contributed by atoms with E-state index in [-0.39, 0.29) is 11.3 Å². The number of H-pyrrole nitrogens is 1. The summed E-state index contributed by atoms with van der Waals surface area (Å²) < 4.78 is 0. The second-order valence-corrected chi connectivity index (χ2v) is 9.02. The van der Waals surface area contributed by atoms with Crippen LogP contribution in [0.3, 0.4) is 0 Å². The van der Waals surface area contributed by atoms with Crippen LogP contribution >= 0.6 is 0 Å². The molecule has 2 atom stereocenters. The van der Waals surface area contributed by atoms with Crippen molar-refractivity contribution in [3.05, 3.63) is 52.6 Å². The van der Waals surface area contributed by atoms with E-state index in [0.717, 1.165) is 47.8 Å². The van der Waals surface area contributed by atoms with E-state index in [9.17, 15) is 5.11 Å². The Bertz CT molecular complexity index is 973. The molecule has 2 unspecified atom stereocenters. The summed E-state index contributed by atoms with van der Waals surface area (Å²) in [5, 5.41) is 22.2. The number of rotatable bonds is 8. The van der Waals surface area contributed by atoms with Gasteiger partial charge in [-0.3, -0.25) is 5.10 Å². The predicted octanol–water partition coefficient (Wildman–Crippen LogP) is 6.60. The molecule has 0 saturated carbocycles. The lowest BCUT2D eigenvalue weighted by Crippen LogP contribution is -2.17. The van der Waals surface area contributed by atoms with Gasteiger partial charge in [0.05, 0.1) is 5.52 Å². The number of phenols is 1. The van der Waals surface area contributed by atoms with Gasteiger partial charge in [0, 0.05) is 0 Å². The minimum Gasteiger partial charge on any atom is -0.507 e. The maximum Gasteiger partial charge on any atom is 0.122 e. The van der Waals surface area contributed by atoms with Gasteiger partial charge in [0.25, 0.3) is 0 Å². The van der Waals surface area contributed by atoms with Crippen molar-refractivity contribution in [3.63, 3.8) is 0 Å². The summed E-state index contributed by atoms with van der Waals surface area (Å²) in [7, 11) is 0. The van der Waals surface area contributed by atoms with Crippen LogP contribution in [0.1, 0.15) is 94.9 Å². The zero-order valence-corrected chi connectivity index (χ0v) is 18.7. The molecule has 2 N–H and O–H groups in total. The maximum atomic E-state index is 11.2. The second-order valence-electron chi connectivity index (χ2n) is 9.02. The van der Waals surface area contributed by atoms with Crippen molar-refractivity contribution in [2.75, 3.05) is 0 Å². The molecule has 0 fully saturated rings. The lowest BCUT2D eigenvalue weighted by Gasteiger charge is -2.29. The Balaban J connectivity index is 2.06. The average molecular weight is 394 g/mol. The first-order valence-corrected chi connectivity index (χ1v) is 11.0. The van der Waals surface area contributed by atoms with Gasteiger partial charge in [-0.2, -0.15) is 0 Å². The van der Waals surface area contributed by atoms with Crippen molar-refractivity contribution in [2.45, 2.75) is 84.5 Å². The molecule has 156 valence electrons. The Kier molecular flexibility index (Phi) is 6.30. The largest absolute Gasteiger partial charge is 0.507 e. The number of phenolic OH excluding ortho intramolecular Hbond substituents is 1. The summed E-state index contributed by atoms with van der Waals surface area (Å²) in [4.78, 5) is 0. The van der Waals surface area contributed by atoms with Crippen LogP contribution in [0.2, 0.25) is 0 Å². The monoisotopic (exact) mass is 393 g/mol. The highest BCUT2D eigenvalue weighted by Crippen LogP contribution is 2.41. The van der Waals surface area contributed by atoms with Crippen molar-refractivity contribution < 1.29 is 5.11 Å². The van der Waals surface area contributed by atoms with Crippen LogP contribution in [-0.2, 0) is 11.8 Å². The van der Waals surface area contributed by atoms with Crippen LogP contribution < -0.4 is 0 Å². The first-order valence-electron chi connectivity index (χ1n) is 11.0. The lowest BCUT2D eigenvalue weighted by molar-refractivity contribution is 0.441. The molecule has 4 nitrogen and oxygen atoms in total. The number of aromatic nitrogens is 3. The third-order valence-corrected chi connectivity index (χ3v) is 6.78. The van der Waals surface area contributed by atoms with E-state index in [1.807, 2.05) is 6.07 Å². The van der Waals surface area contributed by atoms with E-state index in [1.54, 1.807) is 0 Å². The summed E-state index contributed by atoms with van der Waals surface area (Å²) >= 11 is 0. The van der Waals surface area contributed by atoms with Gasteiger partial charge in [0.1, 0.15) is 11.3 Å². The molecule has 0 spiro atoms. The van der Waals surface area contributed by atoms with Crippen LogP contribution in [0.25, 0.3) is 11.0 Å². The van der Waals surface area contributed by atoms with Crippen molar-refractivity contribution in [1.82, 2.24) is 15.4 Å². The zero-order valence-electron chi connectivity index (χ0n) is 18.7. The average Bonchev–Trinajstić information content (AvgIpc) is 3.19. The van der Waals surface area contributed by atoms with Crippen molar-refractivity contribution in [1.29, 1.82) is 0 Å². The summed E-state index contributed by atoms with van der Waals surface area (Å²) in [6.07, 6.45) is 3.93. The molecule has 0 aliphatic heterocycles. The molecule has 3 aromatic rings. The molecule has 0 amide bonds. The molecule has 2 aromatic carbocycles. The molecule has 29 heavy (non-hydrogen) atoms. The molecule has 0 aliphatic rings. The van der Waals surface area contributed by atoms with Crippen LogP contribution in [0.5, 0.6) is 5.75 Å². The van der Waals surface area contributed by atoms with E-state index >= 15 is 0 Å². The number of nitrogens with one attached hydrogen (secondary N) is 1. The van der Waals surface area contributed by atoms with Crippen LogP contribution in [0.15, 0.2) is 30.3 Å². The quantitative estimate of drug-likeness (QED) is 0.453. The normalized spacial score (nSPS) is 14.3. The number of benzene rings is 2. The van der Waals surface area contributed by atoms with Crippen LogP contribution in [-0.4, -0.2) is 20.5 Å². The van der Waals surface area contributed by atoms with Gasteiger partial charge >= 0.3 is 0 Å². The highest BCUT2D eigenvalue weighted by molar-refractivity contribution is 5.74. The minimum atomic E-state index is 0.0859. The topological polar surface area (TPSA) is 61.8 Å². The molecule has 0 aliphatic carbocycles. The molecule has 1 heterocycles. The maximum absolute atomic E-state index is 11.2. The Labute approximate surface area is 174 Å². The second kappa shape index (κ2) is 8.56. The molecular weight excluding hydrogens is 358 g/mol. The van der Waals surface area contributed by atoms with Crippen LogP contribution in [0, 0.1) is 0 Å². The molecule has 1 aromatic heterocycles. The number of hydrogen-bond acceptors (Lipinski definition) is 3. The highest BCUT2D eigenvalue weighted by Gasteiger charge is 2.26. The van der Waals surface area contributed by atoms with Gasteiger partial charge in [-0.15, -0.1) is 5.10 Å². The number of fused-ring (bicyclic) bond motifs is 1. The van der Waals surface area contributed by atoms with Gasteiger partial charge in [0.15, 0.2) is 0 Å². The summed E-state index contributed by atoms with van der Waals surface area (Å²) in [5.74, 6) is 1.09. The van der Waals surface area contributed by atoms with E-state index < -0.39 is 0 Å². The molecule has 0 saturated heterocycles. The van der Waals surface area contributed by atoms with E-state index in [0.29, 0.717) is 11.7 Å². The van der Waals surface area contributed by atoms with Gasteiger partial charge in [-0.25, -0.2) is 0 Å². The Morgan fingerprint density at radius 3 is 2.41 bits per heavy atom. The number of aromatic hydroxyl groups is 1. The summed E-state index contributed by atoms with van der Waals surface area (Å²) in [6, 6.07) is 10.8. The standard InChI is InChI=1S/C25H35N3O/c1-7-16(4)20-14-19(25(5,6)9-3)15-21(24(20)29)18(8-2)12-17-10-11-22-23(13-17)27-28-26-22/h10-11,13-16,18,29H,7-9,12H2,1-6H3,(H,26,27,28). The third-order valence-electron chi connectivity index (χ3n) is 6.78. The number of hydrogen-bond donors (Lipinski definition) is 2. The summed E-state index contributed by atoms with van der Waals surface area (Å²) in [6.45, 7) is 13.4. The number of nitrogens with zero attached hydrogens (tertiary/aromatic N) is 2. The Morgan fingerprint density at radius 2 is 1.76 bits per heavy atom. The van der Waals surface area contributed by atoms with E-state index in [1.165, 1.54) is 11.1 Å². The van der Waals surface area contributed by atoms with E-state index in [4.69, 9.17) is 0 Å². The fraction of sp³-hybridized carbons (Fsp3) is 0.520. The van der Waals surface area contributed by atoms with Gasteiger partial charge in [0.2, 0.25) is 0 Å². The van der Waals surface area contributed by atoms with Crippen molar-refractivity contribution >= 4 is 11.0 Å². The zero-order chi connectivity index (χ0) is 21.2. The van der Waals surface area contributed by atoms with E-state index in [2.05, 4.69) is 81.2 Å². The smallest absolute Gasteiger partial charge is 0.122 e. The molecular formula is C25H35N3O. The van der Waals surface area contributed by atoms with Crippen molar-refractivity contribution in [2.24, 2.45) is 0 Å². The number of aromatic amines is 1. The SMILES string of the molecule is CCC(C)c1cc(C(C)(C)CC)cc(C(CC)Cc2ccc3[nH]nnc3c2)c1O. The fourth-order valence-electron chi connectivity index (χ4n) is 3.95. The lowest BCUT2D eigenvalue weighted by atomic mass is 9.77. The molecule has 3 rings (SSSR count). The predicted molar refractivity (Wildman–Crippen MR) is 121 cm³/mol. The molecule has 4 heteroatoms. The summed E-state index contributed by atoms with van der Waals surface area (Å²) in [5.41, 5.74) is 6.66. The fourth-order valence-corrected chi connectivity index (χ4v) is 3.95.